The smallest absolute Gasteiger partial charge is 0.139 e. The molecule has 0 aliphatic rings. The van der Waals surface area contributed by atoms with Crippen LogP contribution in [0.15, 0.2) is 48.5 Å². The number of aliphatic hydroxyl groups excluding tert-OH is 1. The van der Waals surface area contributed by atoms with Gasteiger partial charge in [-0.25, -0.2) is 0 Å². The third-order valence-corrected chi connectivity index (χ3v) is 4.86. The summed E-state index contributed by atoms with van der Waals surface area (Å²) >= 11 is 0. The minimum atomic E-state index is -0.872. The normalized spacial score (nSPS) is 12.5. The Balaban J connectivity index is 2.33. The van der Waals surface area contributed by atoms with Crippen LogP contribution in [0.1, 0.15) is 25.0 Å². The third kappa shape index (κ3) is 4.40. The zero-order chi connectivity index (χ0) is 18.4. The molecule has 2 aromatic rings. The van der Waals surface area contributed by atoms with E-state index in [1.54, 1.807) is 28.1 Å². The van der Waals surface area contributed by atoms with Crippen molar-refractivity contribution in [2.45, 2.75) is 32.8 Å². The zero-order valence-corrected chi connectivity index (χ0v) is 15.3. The highest BCUT2D eigenvalue weighted by atomic mass is 16.5. The average molecular weight is 342 g/mol. The Morgan fingerprint density at radius 1 is 0.920 bits per heavy atom. The van der Waals surface area contributed by atoms with E-state index in [1.165, 1.54) is 0 Å². The van der Waals surface area contributed by atoms with Crippen LogP contribution in [0.3, 0.4) is 0 Å². The predicted molar refractivity (Wildman–Crippen MR) is 98.2 cm³/mol. The molecular formula is C21H26O4. The largest absolute Gasteiger partial charge is 0.497 e. The van der Waals surface area contributed by atoms with Crippen LogP contribution >= 0.6 is 0 Å². The number of methoxy groups -OCH3 is 2. The molecule has 0 aliphatic heterocycles. The highest BCUT2D eigenvalue weighted by Crippen LogP contribution is 2.34. The summed E-state index contributed by atoms with van der Waals surface area (Å²) in [5.41, 5.74) is 1.11. The van der Waals surface area contributed by atoms with Gasteiger partial charge in [0.1, 0.15) is 17.3 Å². The van der Waals surface area contributed by atoms with Gasteiger partial charge in [-0.1, -0.05) is 24.3 Å². The lowest BCUT2D eigenvalue weighted by atomic mass is 9.70. The van der Waals surface area contributed by atoms with Crippen molar-refractivity contribution in [3.8, 4) is 11.5 Å². The molecule has 1 atom stereocenters. The van der Waals surface area contributed by atoms with E-state index in [0.29, 0.717) is 12.8 Å². The summed E-state index contributed by atoms with van der Waals surface area (Å²) in [5.74, 6) is 1.52. The summed E-state index contributed by atoms with van der Waals surface area (Å²) in [6, 6.07) is 15.2. The first-order chi connectivity index (χ1) is 11.9. The van der Waals surface area contributed by atoms with Gasteiger partial charge in [0, 0.05) is 0 Å². The lowest BCUT2D eigenvalue weighted by Gasteiger charge is -2.34. The van der Waals surface area contributed by atoms with Gasteiger partial charge in [0.25, 0.3) is 0 Å². The first-order valence-electron chi connectivity index (χ1n) is 8.36. The van der Waals surface area contributed by atoms with Crippen molar-refractivity contribution in [3.63, 3.8) is 0 Å². The molecule has 2 aromatic carbocycles. The molecule has 0 aromatic heterocycles. The second-order valence-corrected chi connectivity index (χ2v) is 6.44. The van der Waals surface area contributed by atoms with Gasteiger partial charge in [-0.2, -0.15) is 0 Å². The van der Waals surface area contributed by atoms with E-state index in [-0.39, 0.29) is 5.78 Å². The molecule has 4 heteroatoms. The molecule has 4 nitrogen and oxygen atoms in total. The molecule has 0 fully saturated rings. The van der Waals surface area contributed by atoms with Crippen molar-refractivity contribution in [1.82, 2.24) is 0 Å². The fraction of sp³-hybridized carbons (Fsp3) is 0.381. The van der Waals surface area contributed by atoms with Gasteiger partial charge in [0.2, 0.25) is 0 Å². The average Bonchev–Trinajstić information content (AvgIpc) is 2.62. The minimum absolute atomic E-state index is 0.0193. The third-order valence-electron chi connectivity index (χ3n) is 4.86. The lowest BCUT2D eigenvalue weighted by molar-refractivity contribution is -0.132. The Hall–Kier alpha value is -2.33. The van der Waals surface area contributed by atoms with Crippen LogP contribution in [0.5, 0.6) is 11.5 Å². The van der Waals surface area contributed by atoms with E-state index in [0.717, 1.165) is 22.6 Å². The number of Topliss-reactive ketones (excluding diaryl/α,β-unsaturated/α-hetero) is 1. The highest BCUT2D eigenvalue weighted by molar-refractivity contribution is 5.83. The maximum atomic E-state index is 12.6. The van der Waals surface area contributed by atoms with E-state index in [1.807, 2.05) is 48.5 Å². The summed E-state index contributed by atoms with van der Waals surface area (Å²) < 4.78 is 10.4. The molecule has 0 radical (unpaired) electrons. The number of hydrogen-bond donors (Lipinski definition) is 1. The van der Waals surface area contributed by atoms with E-state index < -0.39 is 11.5 Å². The lowest BCUT2D eigenvalue weighted by Crippen LogP contribution is -2.43. The van der Waals surface area contributed by atoms with E-state index in [9.17, 15) is 9.90 Å². The molecule has 0 saturated carbocycles. The molecule has 0 aliphatic carbocycles. The van der Waals surface area contributed by atoms with Crippen molar-refractivity contribution >= 4 is 5.78 Å². The standard InChI is InChI=1S/C21H26O4/c1-15(22)21(16(2)23,13-17-5-9-19(24-3)10-6-17)14-18-7-11-20(25-4)12-8-18/h5-12,15,22H,13-14H2,1-4H3/t15-/m0/s1. The quantitative estimate of drug-likeness (QED) is 0.798. The number of rotatable bonds is 8. The summed E-state index contributed by atoms with van der Waals surface area (Å²) in [5, 5.41) is 10.5. The first kappa shape index (κ1) is 19.0. The van der Waals surface area contributed by atoms with Crippen LogP contribution < -0.4 is 9.47 Å². The maximum Gasteiger partial charge on any atom is 0.139 e. The highest BCUT2D eigenvalue weighted by Gasteiger charge is 2.40. The number of carbonyl (C=O) groups is 1. The fourth-order valence-electron chi connectivity index (χ4n) is 3.12. The Labute approximate surface area is 149 Å². The van der Waals surface area contributed by atoms with E-state index >= 15 is 0 Å². The number of benzene rings is 2. The van der Waals surface area contributed by atoms with Crippen molar-refractivity contribution in [2.24, 2.45) is 5.41 Å². The fourth-order valence-corrected chi connectivity index (χ4v) is 3.12. The Bertz CT molecular complexity index is 637. The number of aliphatic hydroxyl groups is 1. The molecule has 134 valence electrons. The SMILES string of the molecule is COc1ccc(CC(Cc2ccc(OC)cc2)(C(C)=O)[C@H](C)O)cc1. The molecule has 2 rings (SSSR count). The van der Waals surface area contributed by atoms with Gasteiger partial charge < -0.3 is 14.6 Å². The number of hydrogen-bond acceptors (Lipinski definition) is 4. The molecule has 25 heavy (non-hydrogen) atoms. The zero-order valence-electron chi connectivity index (χ0n) is 15.3. The van der Waals surface area contributed by atoms with Gasteiger partial charge >= 0.3 is 0 Å². The van der Waals surface area contributed by atoms with Gasteiger partial charge in [-0.3, -0.25) is 4.79 Å². The second-order valence-electron chi connectivity index (χ2n) is 6.44. The molecular weight excluding hydrogens is 316 g/mol. The summed E-state index contributed by atoms with van der Waals surface area (Å²) in [6.45, 7) is 3.24. The summed E-state index contributed by atoms with van der Waals surface area (Å²) in [7, 11) is 3.24. The van der Waals surface area contributed by atoms with Crippen LogP contribution in [0.25, 0.3) is 0 Å². The summed E-state index contributed by atoms with van der Waals surface area (Å²) in [4.78, 5) is 12.6. The van der Waals surface area contributed by atoms with E-state index in [4.69, 9.17) is 9.47 Å². The molecule has 0 bridgehead atoms. The number of ketones is 1. The van der Waals surface area contributed by atoms with Crippen LogP contribution in [0.4, 0.5) is 0 Å². The van der Waals surface area contributed by atoms with Crippen molar-refractivity contribution < 1.29 is 19.4 Å². The first-order valence-corrected chi connectivity index (χ1v) is 8.36. The topological polar surface area (TPSA) is 55.8 Å². The van der Waals surface area contributed by atoms with Gasteiger partial charge in [-0.05, 0) is 62.1 Å². The van der Waals surface area contributed by atoms with Gasteiger partial charge in [0.15, 0.2) is 0 Å². The Kier molecular flexibility index (Phi) is 6.21. The molecule has 0 unspecified atom stereocenters. The molecule has 0 spiro atoms. The number of ether oxygens (including phenoxy) is 2. The summed E-state index contributed by atoms with van der Waals surface area (Å²) in [6.07, 6.45) is 0.167. The molecule has 1 N–H and O–H groups in total. The molecule has 0 heterocycles. The molecule has 0 amide bonds. The van der Waals surface area contributed by atoms with Crippen molar-refractivity contribution in [2.75, 3.05) is 14.2 Å². The van der Waals surface area contributed by atoms with Gasteiger partial charge in [0.05, 0.1) is 25.7 Å². The predicted octanol–water partition coefficient (Wildman–Crippen LogP) is 3.45. The van der Waals surface area contributed by atoms with Crippen molar-refractivity contribution in [1.29, 1.82) is 0 Å². The van der Waals surface area contributed by atoms with Crippen LogP contribution in [0.2, 0.25) is 0 Å². The Morgan fingerprint density at radius 3 is 1.52 bits per heavy atom. The monoisotopic (exact) mass is 342 g/mol. The molecule has 0 saturated heterocycles. The maximum absolute atomic E-state index is 12.6. The van der Waals surface area contributed by atoms with Gasteiger partial charge in [-0.15, -0.1) is 0 Å². The van der Waals surface area contributed by atoms with Crippen LogP contribution in [-0.2, 0) is 17.6 Å². The van der Waals surface area contributed by atoms with Crippen molar-refractivity contribution in [3.05, 3.63) is 59.7 Å². The Morgan fingerprint density at radius 2 is 1.28 bits per heavy atom. The second kappa shape index (κ2) is 8.17. The van der Waals surface area contributed by atoms with Crippen LogP contribution in [-0.4, -0.2) is 31.2 Å². The minimum Gasteiger partial charge on any atom is -0.497 e. The number of carbonyl (C=O) groups excluding carboxylic acids is 1. The van der Waals surface area contributed by atoms with E-state index in [2.05, 4.69) is 0 Å². The van der Waals surface area contributed by atoms with Crippen LogP contribution in [0, 0.1) is 5.41 Å².